The molecule has 0 atom stereocenters. The molecule has 0 spiro atoms. The Morgan fingerprint density at radius 3 is 2.52 bits per heavy atom. The average molecular weight is 493 g/mol. The lowest BCUT2D eigenvalue weighted by Gasteiger charge is -2.36. The fraction of sp³-hybridized carbons (Fsp3) is 0.722. The van der Waals surface area contributed by atoms with E-state index in [1.807, 2.05) is 40.7 Å². The van der Waals surface area contributed by atoms with Gasteiger partial charge < -0.3 is 19.5 Å². The second-order valence-electron chi connectivity index (χ2n) is 7.45. The van der Waals surface area contributed by atoms with E-state index in [1.54, 1.807) is 0 Å². The van der Waals surface area contributed by atoms with Gasteiger partial charge in [-0.1, -0.05) is 5.16 Å². The Labute approximate surface area is 178 Å². The first-order chi connectivity index (χ1) is 12.3. The van der Waals surface area contributed by atoms with Crippen LogP contribution in [0.3, 0.4) is 0 Å². The summed E-state index contributed by atoms with van der Waals surface area (Å²) in [6.07, 6.45) is 0. The van der Waals surface area contributed by atoms with Crippen molar-refractivity contribution < 1.29 is 14.1 Å². The number of aromatic nitrogens is 1. The van der Waals surface area contributed by atoms with Crippen LogP contribution in [0, 0.1) is 6.92 Å². The predicted octanol–water partition coefficient (Wildman–Crippen LogP) is 2.03. The number of piperazine rings is 1. The molecule has 9 heteroatoms. The summed E-state index contributed by atoms with van der Waals surface area (Å²) in [5.74, 6) is 1.28. The number of aryl methyl sites for hydroxylation is 1. The highest BCUT2D eigenvalue weighted by Crippen LogP contribution is 2.10. The molecule has 1 aromatic heterocycles. The van der Waals surface area contributed by atoms with E-state index in [2.05, 4.69) is 25.3 Å². The van der Waals surface area contributed by atoms with Crippen LogP contribution in [0.15, 0.2) is 15.6 Å². The number of rotatable bonds is 5. The van der Waals surface area contributed by atoms with Gasteiger partial charge >= 0.3 is 5.97 Å². The Kier molecular flexibility index (Phi) is 9.51. The van der Waals surface area contributed by atoms with Gasteiger partial charge in [0.15, 0.2) is 5.96 Å². The van der Waals surface area contributed by atoms with Gasteiger partial charge in [-0.15, -0.1) is 24.0 Å². The number of carbonyl (C=O) groups excluding carboxylic acids is 1. The van der Waals surface area contributed by atoms with Gasteiger partial charge in [-0.05, 0) is 34.6 Å². The molecule has 0 amide bonds. The summed E-state index contributed by atoms with van der Waals surface area (Å²) in [7, 11) is 0. The van der Waals surface area contributed by atoms with Crippen molar-refractivity contribution in [1.29, 1.82) is 0 Å². The van der Waals surface area contributed by atoms with Crippen LogP contribution in [0.4, 0.5) is 0 Å². The monoisotopic (exact) mass is 493 g/mol. The molecule has 0 saturated carbocycles. The topological polar surface area (TPSA) is 83.2 Å². The maximum Gasteiger partial charge on any atom is 0.328 e. The van der Waals surface area contributed by atoms with Crippen LogP contribution in [0.5, 0.6) is 0 Å². The number of nitrogens with one attached hydrogen (secondary N) is 1. The highest BCUT2D eigenvalue weighted by molar-refractivity contribution is 14.0. The molecule has 0 bridgehead atoms. The Morgan fingerprint density at radius 1 is 1.33 bits per heavy atom. The first-order valence-corrected chi connectivity index (χ1v) is 9.16. The molecule has 1 saturated heterocycles. The standard InChI is InChI=1S/C18H31N5O3.HI/c1-6-19-17(20-12-16(24)25-18(3,4)5)23-9-7-22(8-10-23)13-15-11-14(2)26-21-15;/h11H,6-10,12-13H2,1-5H3,(H,19,20);1H. The molecule has 0 radical (unpaired) electrons. The average Bonchev–Trinajstić information content (AvgIpc) is 2.95. The van der Waals surface area contributed by atoms with Crippen molar-refractivity contribution in [1.82, 2.24) is 20.3 Å². The molecule has 0 unspecified atom stereocenters. The number of nitrogens with zero attached hydrogens (tertiary/aromatic N) is 4. The van der Waals surface area contributed by atoms with Crippen LogP contribution in [0.2, 0.25) is 0 Å². The number of esters is 1. The van der Waals surface area contributed by atoms with Crippen molar-refractivity contribution >= 4 is 35.9 Å². The van der Waals surface area contributed by atoms with Crippen molar-refractivity contribution in [3.05, 3.63) is 17.5 Å². The summed E-state index contributed by atoms with van der Waals surface area (Å²) >= 11 is 0. The first-order valence-electron chi connectivity index (χ1n) is 9.16. The minimum atomic E-state index is -0.490. The van der Waals surface area contributed by atoms with Crippen LogP contribution >= 0.6 is 24.0 Å². The lowest BCUT2D eigenvalue weighted by atomic mass is 10.2. The number of aliphatic imine (C=N–C) groups is 1. The molecule has 154 valence electrons. The van der Waals surface area contributed by atoms with Crippen LogP contribution < -0.4 is 5.32 Å². The van der Waals surface area contributed by atoms with Gasteiger partial charge in [0.2, 0.25) is 0 Å². The Balaban J connectivity index is 0.00000364. The number of halogens is 1. The van der Waals surface area contributed by atoms with E-state index in [1.165, 1.54) is 0 Å². The van der Waals surface area contributed by atoms with Crippen molar-refractivity contribution in [2.75, 3.05) is 39.3 Å². The third-order valence-corrected chi connectivity index (χ3v) is 3.85. The van der Waals surface area contributed by atoms with E-state index >= 15 is 0 Å². The smallest absolute Gasteiger partial charge is 0.328 e. The minimum Gasteiger partial charge on any atom is -0.459 e. The van der Waals surface area contributed by atoms with Crippen LogP contribution in [0.1, 0.15) is 39.1 Å². The van der Waals surface area contributed by atoms with E-state index in [9.17, 15) is 4.79 Å². The summed E-state index contributed by atoms with van der Waals surface area (Å²) in [6.45, 7) is 14.6. The molecule has 1 N–H and O–H groups in total. The van der Waals surface area contributed by atoms with E-state index in [0.29, 0.717) is 0 Å². The second kappa shape index (κ2) is 10.8. The minimum absolute atomic E-state index is 0. The molecule has 0 aromatic carbocycles. The Morgan fingerprint density at radius 2 is 2.00 bits per heavy atom. The molecule has 1 aliphatic heterocycles. The second-order valence-corrected chi connectivity index (χ2v) is 7.45. The maximum atomic E-state index is 11.9. The summed E-state index contributed by atoms with van der Waals surface area (Å²) in [4.78, 5) is 20.9. The summed E-state index contributed by atoms with van der Waals surface area (Å²) in [5, 5.41) is 7.31. The summed E-state index contributed by atoms with van der Waals surface area (Å²) in [6, 6.07) is 1.97. The predicted molar refractivity (Wildman–Crippen MR) is 115 cm³/mol. The number of hydrogen-bond donors (Lipinski definition) is 1. The zero-order valence-electron chi connectivity index (χ0n) is 16.9. The highest BCUT2D eigenvalue weighted by Gasteiger charge is 2.21. The maximum absolute atomic E-state index is 11.9. The number of guanidine groups is 1. The zero-order chi connectivity index (χ0) is 19.2. The molecule has 27 heavy (non-hydrogen) atoms. The first kappa shape index (κ1) is 23.7. The Hall–Kier alpha value is -1.36. The fourth-order valence-electron chi connectivity index (χ4n) is 2.78. The van der Waals surface area contributed by atoms with Crippen molar-refractivity contribution in [2.24, 2.45) is 4.99 Å². The SMILES string of the molecule is CCNC(=NCC(=O)OC(C)(C)C)N1CCN(Cc2cc(C)on2)CC1.I. The van der Waals surface area contributed by atoms with Crippen LogP contribution in [-0.2, 0) is 16.1 Å². The summed E-state index contributed by atoms with van der Waals surface area (Å²) < 4.78 is 10.4. The number of hydrogen-bond acceptors (Lipinski definition) is 6. The lowest BCUT2D eigenvalue weighted by Crippen LogP contribution is -2.52. The van der Waals surface area contributed by atoms with Crippen molar-refractivity contribution in [2.45, 2.75) is 46.8 Å². The fourth-order valence-corrected chi connectivity index (χ4v) is 2.78. The quantitative estimate of drug-likeness (QED) is 0.291. The normalized spacial score (nSPS) is 16.0. The van der Waals surface area contributed by atoms with Gasteiger partial charge in [0.05, 0.1) is 5.69 Å². The molecule has 0 aliphatic carbocycles. The van der Waals surface area contributed by atoms with Gasteiger partial charge in [0.25, 0.3) is 0 Å². The summed E-state index contributed by atoms with van der Waals surface area (Å²) in [5.41, 5.74) is 0.470. The van der Waals surface area contributed by atoms with E-state index < -0.39 is 5.60 Å². The molecule has 1 fully saturated rings. The van der Waals surface area contributed by atoms with E-state index in [-0.39, 0.29) is 36.5 Å². The Bertz CT molecular complexity index is 619. The molecule has 1 aromatic rings. The largest absolute Gasteiger partial charge is 0.459 e. The van der Waals surface area contributed by atoms with E-state index in [0.717, 1.165) is 56.7 Å². The van der Waals surface area contributed by atoms with Gasteiger partial charge in [0, 0.05) is 45.3 Å². The molecule has 1 aliphatic rings. The molecular formula is C18H32IN5O3. The zero-order valence-corrected chi connectivity index (χ0v) is 19.3. The third-order valence-electron chi connectivity index (χ3n) is 3.85. The molecule has 2 heterocycles. The molecule has 2 rings (SSSR count). The van der Waals surface area contributed by atoms with Crippen LogP contribution in [-0.4, -0.2) is 71.8 Å². The van der Waals surface area contributed by atoms with Gasteiger partial charge in [-0.25, -0.2) is 4.99 Å². The third kappa shape index (κ3) is 8.46. The molecule has 8 nitrogen and oxygen atoms in total. The molecular weight excluding hydrogens is 461 g/mol. The highest BCUT2D eigenvalue weighted by atomic mass is 127. The van der Waals surface area contributed by atoms with Crippen LogP contribution in [0.25, 0.3) is 0 Å². The van der Waals surface area contributed by atoms with E-state index in [4.69, 9.17) is 9.26 Å². The van der Waals surface area contributed by atoms with Crippen molar-refractivity contribution in [3.63, 3.8) is 0 Å². The van der Waals surface area contributed by atoms with Gasteiger partial charge in [-0.2, -0.15) is 0 Å². The number of carbonyl (C=O) groups is 1. The number of ether oxygens (including phenoxy) is 1. The lowest BCUT2D eigenvalue weighted by molar-refractivity contribution is -0.152. The van der Waals surface area contributed by atoms with Gasteiger partial charge in [-0.3, -0.25) is 9.69 Å². The van der Waals surface area contributed by atoms with Crippen molar-refractivity contribution in [3.8, 4) is 0 Å². The van der Waals surface area contributed by atoms with Gasteiger partial charge in [0.1, 0.15) is 17.9 Å².